The fourth-order valence-corrected chi connectivity index (χ4v) is 3.52. The Morgan fingerprint density at radius 3 is 2.57 bits per heavy atom. The number of hydrogen-bond acceptors (Lipinski definition) is 4. The summed E-state index contributed by atoms with van der Waals surface area (Å²) in [6.07, 6.45) is 0. The van der Waals surface area contributed by atoms with Gasteiger partial charge in [0.05, 0.1) is 11.3 Å². The number of hydrogen-bond donors (Lipinski definition) is 1. The fraction of sp³-hybridized carbons (Fsp3) is 0.250. The molecule has 0 bridgehead atoms. The van der Waals surface area contributed by atoms with Gasteiger partial charge < -0.3 is 5.32 Å². The topological polar surface area (TPSA) is 52.9 Å². The number of aryl methyl sites for hydroxylation is 2. The van der Waals surface area contributed by atoms with Crippen molar-refractivity contribution < 1.29 is 4.79 Å². The largest absolute Gasteiger partial charge is 0.316 e. The molecule has 1 amide bonds. The average Bonchev–Trinajstić information content (AvgIpc) is 2.72. The molecule has 0 saturated carbocycles. The van der Waals surface area contributed by atoms with Gasteiger partial charge in [-0.15, -0.1) is 23.1 Å². The quantitative estimate of drug-likeness (QED) is 0.857. The van der Waals surface area contributed by atoms with E-state index in [0.717, 1.165) is 15.3 Å². The summed E-state index contributed by atoms with van der Waals surface area (Å²) in [5.74, 6) is 0.252. The summed E-state index contributed by atoms with van der Waals surface area (Å²) in [5, 5.41) is 12.7. The van der Waals surface area contributed by atoms with Crippen molar-refractivity contribution in [3.63, 3.8) is 0 Å². The van der Waals surface area contributed by atoms with Crippen molar-refractivity contribution in [2.75, 3.05) is 11.1 Å². The van der Waals surface area contributed by atoms with Crippen molar-refractivity contribution >= 4 is 34.0 Å². The van der Waals surface area contributed by atoms with E-state index >= 15 is 0 Å². The molecule has 1 heterocycles. The highest BCUT2D eigenvalue weighted by atomic mass is 32.2. The first-order chi connectivity index (χ1) is 10.0. The minimum absolute atomic E-state index is 0.0849. The molecule has 0 aliphatic rings. The molecule has 0 aliphatic carbocycles. The van der Waals surface area contributed by atoms with Crippen LogP contribution in [0.3, 0.4) is 0 Å². The summed E-state index contributed by atoms with van der Waals surface area (Å²) in [4.78, 5) is 14.1. The fourth-order valence-electron chi connectivity index (χ4n) is 1.80. The van der Waals surface area contributed by atoms with E-state index in [1.54, 1.807) is 0 Å². The molecular weight excluding hydrogens is 300 g/mol. The van der Waals surface area contributed by atoms with Crippen molar-refractivity contribution in [1.82, 2.24) is 0 Å². The second-order valence-corrected chi connectivity index (χ2v) is 7.02. The van der Waals surface area contributed by atoms with Gasteiger partial charge in [-0.25, -0.2) is 0 Å². The van der Waals surface area contributed by atoms with Crippen LogP contribution in [0.25, 0.3) is 0 Å². The van der Waals surface area contributed by atoms with Crippen LogP contribution in [0.15, 0.2) is 29.2 Å². The lowest BCUT2D eigenvalue weighted by Gasteiger charge is -2.04. The minimum atomic E-state index is -0.0849. The summed E-state index contributed by atoms with van der Waals surface area (Å²) in [6.45, 7) is 5.89. The molecule has 0 saturated heterocycles. The zero-order chi connectivity index (χ0) is 15.4. The smallest absolute Gasteiger partial charge is 0.235 e. The van der Waals surface area contributed by atoms with Crippen LogP contribution in [0, 0.1) is 32.1 Å². The van der Waals surface area contributed by atoms with Gasteiger partial charge in [0.15, 0.2) is 0 Å². The van der Waals surface area contributed by atoms with Gasteiger partial charge in [0, 0.05) is 9.77 Å². The lowest BCUT2D eigenvalue weighted by atomic mass is 10.2. The molecule has 0 radical (unpaired) electrons. The van der Waals surface area contributed by atoms with Crippen LogP contribution in [-0.2, 0) is 4.79 Å². The van der Waals surface area contributed by atoms with E-state index in [9.17, 15) is 4.79 Å². The number of anilines is 1. The molecule has 0 spiro atoms. The van der Waals surface area contributed by atoms with Crippen LogP contribution < -0.4 is 5.32 Å². The number of nitriles is 1. The van der Waals surface area contributed by atoms with Crippen molar-refractivity contribution in [3.05, 3.63) is 45.8 Å². The lowest BCUT2D eigenvalue weighted by molar-refractivity contribution is -0.113. The van der Waals surface area contributed by atoms with E-state index in [1.807, 2.05) is 45.0 Å². The number of thioether (sulfide) groups is 1. The number of thiophene rings is 1. The zero-order valence-electron chi connectivity index (χ0n) is 12.2. The summed E-state index contributed by atoms with van der Waals surface area (Å²) >= 11 is 2.94. The summed E-state index contributed by atoms with van der Waals surface area (Å²) < 4.78 is 0. The molecule has 0 aliphatic heterocycles. The van der Waals surface area contributed by atoms with Crippen LogP contribution in [-0.4, -0.2) is 11.7 Å². The molecule has 0 unspecified atom stereocenters. The average molecular weight is 316 g/mol. The zero-order valence-corrected chi connectivity index (χ0v) is 13.8. The van der Waals surface area contributed by atoms with Gasteiger partial charge in [0.2, 0.25) is 5.91 Å². The molecule has 1 N–H and O–H groups in total. The van der Waals surface area contributed by atoms with Crippen molar-refractivity contribution in [2.45, 2.75) is 25.7 Å². The number of nitrogens with one attached hydrogen (secondary N) is 1. The number of benzene rings is 1. The Bertz CT molecular complexity index is 696. The SMILES string of the molecule is Cc1ccc(SCC(=O)Nc2sc(C)c(C)c2C#N)cc1. The number of carbonyl (C=O) groups is 1. The van der Waals surface area contributed by atoms with E-state index in [4.69, 9.17) is 5.26 Å². The van der Waals surface area contributed by atoms with E-state index in [-0.39, 0.29) is 5.91 Å². The first-order valence-electron chi connectivity index (χ1n) is 6.50. The molecule has 21 heavy (non-hydrogen) atoms. The maximum atomic E-state index is 12.0. The number of rotatable bonds is 4. The van der Waals surface area contributed by atoms with Gasteiger partial charge >= 0.3 is 0 Å². The van der Waals surface area contributed by atoms with E-state index < -0.39 is 0 Å². The lowest BCUT2D eigenvalue weighted by Crippen LogP contribution is -2.13. The Hall–Kier alpha value is -1.77. The summed E-state index contributed by atoms with van der Waals surface area (Å²) in [6, 6.07) is 10.2. The van der Waals surface area contributed by atoms with Gasteiger partial charge in [-0.05, 0) is 38.5 Å². The minimum Gasteiger partial charge on any atom is -0.316 e. The molecule has 5 heteroatoms. The summed E-state index contributed by atoms with van der Waals surface area (Å²) in [5.41, 5.74) is 2.72. The number of amides is 1. The first kappa shape index (κ1) is 15.6. The van der Waals surface area contributed by atoms with Crippen molar-refractivity contribution in [1.29, 1.82) is 5.26 Å². The Labute approximate surface area is 133 Å². The van der Waals surface area contributed by atoms with Crippen LogP contribution >= 0.6 is 23.1 Å². The van der Waals surface area contributed by atoms with E-state index in [2.05, 4.69) is 11.4 Å². The van der Waals surface area contributed by atoms with E-state index in [1.165, 1.54) is 28.7 Å². The van der Waals surface area contributed by atoms with Crippen LogP contribution in [0.4, 0.5) is 5.00 Å². The van der Waals surface area contributed by atoms with Gasteiger partial charge in [-0.1, -0.05) is 17.7 Å². The molecule has 1 aromatic carbocycles. The Morgan fingerprint density at radius 2 is 1.95 bits per heavy atom. The monoisotopic (exact) mass is 316 g/mol. The standard InChI is InChI=1S/C16H16N2OS2/c1-10-4-6-13(7-5-10)20-9-15(19)18-16-14(8-17)11(2)12(3)21-16/h4-7H,9H2,1-3H3,(H,18,19). The molecule has 2 rings (SSSR count). The third-order valence-electron chi connectivity index (χ3n) is 3.14. The predicted octanol–water partition coefficient (Wildman–Crippen LogP) is 4.28. The first-order valence-corrected chi connectivity index (χ1v) is 8.31. The van der Waals surface area contributed by atoms with Crippen molar-refractivity contribution in [2.24, 2.45) is 0 Å². The molecule has 1 aromatic heterocycles. The highest BCUT2D eigenvalue weighted by Crippen LogP contribution is 2.31. The molecule has 0 fully saturated rings. The Balaban J connectivity index is 1.98. The van der Waals surface area contributed by atoms with Gasteiger partial charge in [0.25, 0.3) is 0 Å². The van der Waals surface area contributed by atoms with Crippen LogP contribution in [0.5, 0.6) is 0 Å². The summed E-state index contributed by atoms with van der Waals surface area (Å²) in [7, 11) is 0. The van der Waals surface area contributed by atoms with Crippen LogP contribution in [0.1, 0.15) is 21.6 Å². The maximum absolute atomic E-state index is 12.0. The molecule has 2 aromatic rings. The highest BCUT2D eigenvalue weighted by Gasteiger charge is 2.14. The predicted molar refractivity (Wildman–Crippen MR) is 89.0 cm³/mol. The van der Waals surface area contributed by atoms with Crippen molar-refractivity contribution in [3.8, 4) is 6.07 Å². The molecule has 3 nitrogen and oxygen atoms in total. The third-order valence-corrected chi connectivity index (χ3v) is 5.28. The van der Waals surface area contributed by atoms with E-state index in [0.29, 0.717) is 16.3 Å². The second-order valence-electron chi connectivity index (χ2n) is 4.75. The Kier molecular flexibility index (Phi) is 5.05. The number of nitrogens with zero attached hydrogens (tertiary/aromatic N) is 1. The molecular formula is C16H16N2OS2. The highest BCUT2D eigenvalue weighted by molar-refractivity contribution is 8.00. The van der Waals surface area contributed by atoms with Crippen LogP contribution in [0.2, 0.25) is 0 Å². The van der Waals surface area contributed by atoms with Gasteiger partial charge in [-0.3, -0.25) is 4.79 Å². The second kappa shape index (κ2) is 6.79. The number of carbonyl (C=O) groups excluding carboxylic acids is 1. The van der Waals surface area contributed by atoms with Gasteiger partial charge in [0.1, 0.15) is 11.1 Å². The third kappa shape index (κ3) is 3.87. The molecule has 108 valence electrons. The molecule has 0 atom stereocenters. The normalized spacial score (nSPS) is 10.2. The maximum Gasteiger partial charge on any atom is 0.235 e. The van der Waals surface area contributed by atoms with Gasteiger partial charge in [-0.2, -0.15) is 5.26 Å². The Morgan fingerprint density at radius 1 is 1.29 bits per heavy atom.